The number of non-ortho nitro benzene ring substituents is 1. The first-order chi connectivity index (χ1) is 7.00. The Balaban J connectivity index is 3.18. The van der Waals surface area contributed by atoms with Crippen molar-refractivity contribution in [2.45, 2.75) is 6.92 Å². The summed E-state index contributed by atoms with van der Waals surface area (Å²) in [5.41, 5.74) is 5.97. The van der Waals surface area contributed by atoms with Gasteiger partial charge < -0.3 is 5.73 Å². The number of hydrogen-bond acceptors (Lipinski definition) is 3. The van der Waals surface area contributed by atoms with Gasteiger partial charge >= 0.3 is 0 Å². The first kappa shape index (κ1) is 10.7. The summed E-state index contributed by atoms with van der Waals surface area (Å²) in [6.07, 6.45) is 0. The van der Waals surface area contributed by atoms with Crippen molar-refractivity contribution in [3.8, 4) is 11.8 Å². The van der Waals surface area contributed by atoms with E-state index in [1.807, 2.05) is 0 Å². The molecule has 1 amide bonds. The molecule has 0 atom stereocenters. The first-order valence-corrected chi connectivity index (χ1v) is 4.07. The molecule has 0 aliphatic rings. The Labute approximate surface area is 86.0 Å². The van der Waals surface area contributed by atoms with E-state index in [0.717, 1.165) is 5.56 Å². The average Bonchev–Trinajstić information content (AvgIpc) is 2.16. The van der Waals surface area contributed by atoms with Crippen molar-refractivity contribution in [2.24, 2.45) is 5.73 Å². The number of aryl methyl sites for hydroxylation is 1. The summed E-state index contributed by atoms with van der Waals surface area (Å²) < 4.78 is 0. The Morgan fingerprint density at radius 3 is 2.73 bits per heavy atom. The number of primary amides is 1. The summed E-state index contributed by atoms with van der Waals surface area (Å²) in [5, 5.41) is 10.5. The maximum Gasteiger partial charge on any atom is 0.293 e. The van der Waals surface area contributed by atoms with Crippen molar-refractivity contribution in [1.82, 2.24) is 0 Å². The monoisotopic (exact) mass is 204 g/mol. The molecule has 1 aromatic carbocycles. The molecule has 0 spiro atoms. The number of carbonyl (C=O) groups excluding carboxylic acids is 1. The molecule has 2 N–H and O–H groups in total. The topological polar surface area (TPSA) is 86.2 Å². The summed E-state index contributed by atoms with van der Waals surface area (Å²) in [4.78, 5) is 20.4. The quantitative estimate of drug-likeness (QED) is 0.415. The van der Waals surface area contributed by atoms with Gasteiger partial charge in [-0.05, 0) is 18.4 Å². The fourth-order valence-electron chi connectivity index (χ4n) is 0.987. The molecular formula is C10H8N2O3. The fourth-order valence-corrected chi connectivity index (χ4v) is 0.987. The highest BCUT2D eigenvalue weighted by Crippen LogP contribution is 2.16. The van der Waals surface area contributed by atoms with Gasteiger partial charge in [-0.2, -0.15) is 0 Å². The summed E-state index contributed by atoms with van der Waals surface area (Å²) in [7, 11) is 0. The summed E-state index contributed by atoms with van der Waals surface area (Å²) in [6, 6.07) is 4.26. The molecule has 1 rings (SSSR count). The second-order valence-electron chi connectivity index (χ2n) is 2.87. The molecule has 0 unspecified atom stereocenters. The van der Waals surface area contributed by atoms with Gasteiger partial charge in [-0.15, -0.1) is 0 Å². The normalized spacial score (nSPS) is 8.87. The van der Waals surface area contributed by atoms with Gasteiger partial charge in [-0.3, -0.25) is 14.9 Å². The second-order valence-corrected chi connectivity index (χ2v) is 2.87. The van der Waals surface area contributed by atoms with Crippen LogP contribution >= 0.6 is 0 Å². The third kappa shape index (κ3) is 2.81. The van der Waals surface area contributed by atoms with E-state index in [0.29, 0.717) is 5.56 Å². The molecule has 0 aliphatic heterocycles. The molecule has 5 nitrogen and oxygen atoms in total. The van der Waals surface area contributed by atoms with Crippen LogP contribution in [0, 0.1) is 28.9 Å². The molecule has 15 heavy (non-hydrogen) atoms. The summed E-state index contributed by atoms with van der Waals surface area (Å²) in [6.45, 7) is 1.74. The molecule has 76 valence electrons. The van der Waals surface area contributed by atoms with Crippen molar-refractivity contribution in [3.63, 3.8) is 0 Å². The lowest BCUT2D eigenvalue weighted by molar-refractivity contribution is -0.384. The van der Waals surface area contributed by atoms with Crippen molar-refractivity contribution in [2.75, 3.05) is 0 Å². The largest absolute Gasteiger partial charge is 0.359 e. The van der Waals surface area contributed by atoms with Crippen LogP contribution in [0.1, 0.15) is 11.1 Å². The zero-order valence-electron chi connectivity index (χ0n) is 7.98. The Hall–Kier alpha value is -2.35. The van der Waals surface area contributed by atoms with Gasteiger partial charge in [0, 0.05) is 17.7 Å². The number of nitrogens with zero attached hydrogens (tertiary/aromatic N) is 1. The SMILES string of the molecule is Cc1ccc([N+](=O)[O-])cc1C#CC(N)=O. The highest BCUT2D eigenvalue weighted by Gasteiger charge is 2.06. The number of hydrogen-bond donors (Lipinski definition) is 1. The van der Waals surface area contributed by atoms with Crippen LogP contribution < -0.4 is 5.73 Å². The molecule has 0 aliphatic carbocycles. The first-order valence-electron chi connectivity index (χ1n) is 4.07. The van der Waals surface area contributed by atoms with Gasteiger partial charge in [0.1, 0.15) is 0 Å². The number of nitro benzene ring substituents is 1. The second kappa shape index (κ2) is 4.24. The highest BCUT2D eigenvalue weighted by molar-refractivity contribution is 5.92. The van der Waals surface area contributed by atoms with Crippen LogP contribution in [0.5, 0.6) is 0 Å². The van der Waals surface area contributed by atoms with Crippen molar-refractivity contribution in [1.29, 1.82) is 0 Å². The zero-order valence-corrected chi connectivity index (χ0v) is 7.98. The third-order valence-electron chi connectivity index (χ3n) is 1.75. The van der Waals surface area contributed by atoms with E-state index < -0.39 is 10.8 Å². The molecule has 0 bridgehead atoms. The zero-order chi connectivity index (χ0) is 11.4. The van der Waals surface area contributed by atoms with E-state index >= 15 is 0 Å². The van der Waals surface area contributed by atoms with Gasteiger partial charge in [-0.25, -0.2) is 0 Å². The van der Waals surface area contributed by atoms with Crippen LogP contribution in [0.3, 0.4) is 0 Å². The summed E-state index contributed by atoms with van der Waals surface area (Å²) >= 11 is 0. The summed E-state index contributed by atoms with van der Waals surface area (Å²) in [5.74, 6) is 3.85. The Bertz CT molecular complexity index is 483. The number of amides is 1. The molecule has 1 aromatic rings. The number of nitro groups is 1. The van der Waals surface area contributed by atoms with E-state index in [9.17, 15) is 14.9 Å². The predicted octanol–water partition coefficient (Wildman–Crippen LogP) is 0.740. The van der Waals surface area contributed by atoms with Gasteiger partial charge in [0.05, 0.1) is 4.92 Å². The lowest BCUT2D eigenvalue weighted by Crippen LogP contribution is -2.06. The van der Waals surface area contributed by atoms with Gasteiger partial charge in [0.25, 0.3) is 11.6 Å². The Kier molecular flexibility index (Phi) is 3.03. The van der Waals surface area contributed by atoms with Gasteiger partial charge in [-0.1, -0.05) is 12.0 Å². The molecule has 5 heteroatoms. The highest BCUT2D eigenvalue weighted by atomic mass is 16.6. The minimum Gasteiger partial charge on any atom is -0.359 e. The number of nitrogens with two attached hydrogens (primary N) is 1. The van der Waals surface area contributed by atoms with Crippen LogP contribution in [0.4, 0.5) is 5.69 Å². The van der Waals surface area contributed by atoms with E-state index in [1.54, 1.807) is 13.0 Å². The lowest BCUT2D eigenvalue weighted by atomic mass is 10.1. The van der Waals surface area contributed by atoms with Crippen LogP contribution in [0.25, 0.3) is 0 Å². The minimum atomic E-state index is -0.763. The molecular weight excluding hydrogens is 196 g/mol. The molecule has 0 heterocycles. The maximum absolute atomic E-state index is 10.5. The molecule has 0 aromatic heterocycles. The van der Waals surface area contributed by atoms with Gasteiger partial charge in [0.15, 0.2) is 0 Å². The lowest BCUT2D eigenvalue weighted by Gasteiger charge is -1.96. The fraction of sp³-hybridized carbons (Fsp3) is 0.100. The van der Waals surface area contributed by atoms with E-state index in [2.05, 4.69) is 11.8 Å². The van der Waals surface area contributed by atoms with Gasteiger partial charge in [0.2, 0.25) is 0 Å². The van der Waals surface area contributed by atoms with Crippen LogP contribution in [0.15, 0.2) is 18.2 Å². The molecule has 0 radical (unpaired) electrons. The Morgan fingerprint density at radius 1 is 1.53 bits per heavy atom. The van der Waals surface area contributed by atoms with Crippen molar-refractivity contribution < 1.29 is 9.72 Å². The minimum absolute atomic E-state index is 0.0608. The number of carbonyl (C=O) groups is 1. The van der Waals surface area contributed by atoms with Crippen molar-refractivity contribution >= 4 is 11.6 Å². The predicted molar refractivity (Wildman–Crippen MR) is 53.9 cm³/mol. The molecule has 0 fully saturated rings. The molecule has 0 saturated carbocycles. The van der Waals surface area contributed by atoms with E-state index in [-0.39, 0.29) is 5.69 Å². The van der Waals surface area contributed by atoms with Crippen molar-refractivity contribution in [3.05, 3.63) is 39.4 Å². The van der Waals surface area contributed by atoms with Crippen LogP contribution in [-0.2, 0) is 4.79 Å². The van der Waals surface area contributed by atoms with E-state index in [4.69, 9.17) is 5.73 Å². The number of rotatable bonds is 1. The standard InChI is InChI=1S/C10H8N2O3/c1-7-2-4-9(12(14)15)6-8(7)3-5-10(11)13/h2,4,6H,1H3,(H2,11,13). The average molecular weight is 204 g/mol. The third-order valence-corrected chi connectivity index (χ3v) is 1.75. The van der Waals surface area contributed by atoms with Crippen LogP contribution in [-0.4, -0.2) is 10.8 Å². The van der Waals surface area contributed by atoms with E-state index in [1.165, 1.54) is 12.1 Å². The number of benzene rings is 1. The smallest absolute Gasteiger partial charge is 0.293 e. The van der Waals surface area contributed by atoms with Crippen LogP contribution in [0.2, 0.25) is 0 Å². The Morgan fingerprint density at radius 2 is 2.20 bits per heavy atom. The maximum atomic E-state index is 10.5. The molecule has 0 saturated heterocycles.